The molecule has 3 rings (SSSR count). The van der Waals surface area contributed by atoms with Gasteiger partial charge >= 0.3 is 6.03 Å². The third-order valence-corrected chi connectivity index (χ3v) is 4.65. The number of primary amides is 1. The summed E-state index contributed by atoms with van der Waals surface area (Å²) in [6.45, 7) is 6.53. The monoisotopic (exact) mass is 305 g/mol. The third-order valence-electron chi connectivity index (χ3n) is 4.65. The molecule has 1 aromatic heterocycles. The number of amides is 3. The van der Waals surface area contributed by atoms with Crippen LogP contribution in [-0.2, 0) is 4.79 Å². The molecule has 2 fully saturated rings. The number of likely N-dealkylation sites (tertiary alicyclic amines) is 2. The lowest BCUT2D eigenvalue weighted by atomic mass is 9.94. The topological polar surface area (TPSA) is 84.5 Å². The van der Waals surface area contributed by atoms with Crippen LogP contribution in [0.5, 0.6) is 0 Å². The Balaban J connectivity index is 1.57. The van der Waals surface area contributed by atoms with Gasteiger partial charge in [-0.15, -0.1) is 0 Å². The number of carbonyl (C=O) groups is 2. The minimum Gasteiger partial charge on any atom is -0.351 e. The number of aryl methyl sites for hydroxylation is 2. The van der Waals surface area contributed by atoms with Crippen LogP contribution in [0, 0.1) is 19.8 Å². The van der Waals surface area contributed by atoms with Crippen molar-refractivity contribution >= 4 is 11.9 Å². The van der Waals surface area contributed by atoms with E-state index in [1.165, 1.54) is 0 Å². The normalized spacial score (nSPS) is 22.5. The lowest BCUT2D eigenvalue weighted by Gasteiger charge is -2.43. The molecule has 2 N–H and O–H groups in total. The summed E-state index contributed by atoms with van der Waals surface area (Å²) in [5.74, 6) is 0.0337. The highest BCUT2D eigenvalue weighted by Gasteiger charge is 2.38. The van der Waals surface area contributed by atoms with Crippen LogP contribution in [0.2, 0.25) is 0 Å². The van der Waals surface area contributed by atoms with Crippen LogP contribution in [0.4, 0.5) is 4.79 Å². The number of rotatable bonds is 2. The van der Waals surface area contributed by atoms with Crippen molar-refractivity contribution in [2.45, 2.75) is 32.7 Å². The second-order valence-electron chi connectivity index (χ2n) is 6.39. The van der Waals surface area contributed by atoms with Crippen LogP contribution >= 0.6 is 0 Å². The molecule has 7 nitrogen and oxygen atoms in total. The van der Waals surface area contributed by atoms with E-state index < -0.39 is 6.03 Å². The summed E-state index contributed by atoms with van der Waals surface area (Å²) < 4.78 is 2.01. The Hall–Kier alpha value is -2.05. The van der Waals surface area contributed by atoms with Gasteiger partial charge in [0, 0.05) is 31.9 Å². The molecule has 3 amide bonds. The van der Waals surface area contributed by atoms with E-state index in [1.807, 2.05) is 23.4 Å². The Morgan fingerprint density at radius 3 is 2.55 bits per heavy atom. The molecule has 0 unspecified atom stereocenters. The molecule has 3 heterocycles. The Morgan fingerprint density at radius 2 is 1.95 bits per heavy atom. The molecule has 7 heteroatoms. The van der Waals surface area contributed by atoms with Crippen molar-refractivity contribution in [3.63, 3.8) is 0 Å². The number of urea groups is 1. The van der Waals surface area contributed by atoms with Gasteiger partial charge < -0.3 is 15.5 Å². The van der Waals surface area contributed by atoms with Crippen molar-refractivity contribution in [2.24, 2.45) is 11.7 Å². The van der Waals surface area contributed by atoms with E-state index in [2.05, 4.69) is 11.2 Å². The molecule has 1 aromatic rings. The summed E-state index contributed by atoms with van der Waals surface area (Å²) in [4.78, 5) is 27.2. The summed E-state index contributed by atoms with van der Waals surface area (Å²) in [7, 11) is 0. The number of nitrogens with zero attached hydrogens (tertiary/aromatic N) is 4. The van der Waals surface area contributed by atoms with Gasteiger partial charge in [0.25, 0.3) is 0 Å². The number of nitrogens with two attached hydrogens (primary N) is 1. The predicted octanol–water partition coefficient (Wildman–Crippen LogP) is 0.674. The van der Waals surface area contributed by atoms with E-state index in [-0.39, 0.29) is 17.9 Å². The maximum Gasteiger partial charge on any atom is 0.314 e. The third kappa shape index (κ3) is 2.67. The summed E-state index contributed by atoms with van der Waals surface area (Å²) in [6.07, 6.45) is 1.68. The smallest absolute Gasteiger partial charge is 0.314 e. The fourth-order valence-electron chi connectivity index (χ4n) is 3.44. The zero-order valence-electron chi connectivity index (χ0n) is 13.2. The van der Waals surface area contributed by atoms with Crippen LogP contribution in [-0.4, -0.2) is 57.7 Å². The average Bonchev–Trinajstić information content (AvgIpc) is 2.76. The highest BCUT2D eigenvalue weighted by molar-refractivity contribution is 5.81. The first-order valence-corrected chi connectivity index (χ1v) is 7.81. The fraction of sp³-hybridized carbons (Fsp3) is 0.667. The first-order valence-electron chi connectivity index (χ1n) is 7.81. The van der Waals surface area contributed by atoms with Gasteiger partial charge in [-0.3, -0.25) is 9.48 Å². The minimum absolute atomic E-state index is 0.109. The molecule has 2 saturated heterocycles. The molecular weight excluding hydrogens is 282 g/mol. The van der Waals surface area contributed by atoms with Crippen molar-refractivity contribution in [3.05, 3.63) is 17.5 Å². The lowest BCUT2D eigenvalue weighted by Crippen LogP contribution is -2.55. The van der Waals surface area contributed by atoms with Gasteiger partial charge in [-0.2, -0.15) is 5.10 Å². The molecule has 2 aliphatic heterocycles. The second kappa shape index (κ2) is 5.62. The molecule has 0 aromatic carbocycles. The van der Waals surface area contributed by atoms with Crippen molar-refractivity contribution in [2.75, 3.05) is 26.2 Å². The van der Waals surface area contributed by atoms with Crippen molar-refractivity contribution < 1.29 is 9.59 Å². The SMILES string of the molecule is Cc1cc(C)n(C2CN(C(=O)[C@H]3CCCN(C(N)=O)C3)C2)n1. The van der Waals surface area contributed by atoms with E-state index in [4.69, 9.17) is 5.73 Å². The quantitative estimate of drug-likeness (QED) is 0.871. The number of aromatic nitrogens is 2. The van der Waals surface area contributed by atoms with Crippen LogP contribution in [0.1, 0.15) is 30.3 Å². The van der Waals surface area contributed by atoms with Gasteiger partial charge in [0.05, 0.1) is 17.7 Å². The van der Waals surface area contributed by atoms with E-state index in [0.717, 1.165) is 24.2 Å². The van der Waals surface area contributed by atoms with E-state index in [0.29, 0.717) is 26.2 Å². The molecule has 0 bridgehead atoms. The zero-order chi connectivity index (χ0) is 15.9. The average molecular weight is 305 g/mol. The maximum atomic E-state index is 12.5. The summed E-state index contributed by atoms with van der Waals surface area (Å²) in [6, 6.07) is 1.89. The number of piperidine rings is 1. The van der Waals surface area contributed by atoms with Gasteiger partial charge in [0.15, 0.2) is 0 Å². The van der Waals surface area contributed by atoms with Crippen LogP contribution in [0.15, 0.2) is 6.07 Å². The molecule has 2 aliphatic rings. The standard InChI is InChI=1S/C15H23N5O2/c1-10-6-11(2)20(17-10)13-8-19(9-13)14(21)12-4-3-5-18(7-12)15(16)22/h6,12-13H,3-5,7-9H2,1-2H3,(H2,16,22)/t12-/m0/s1. The van der Waals surface area contributed by atoms with Crippen LogP contribution in [0.25, 0.3) is 0 Å². The fourth-order valence-corrected chi connectivity index (χ4v) is 3.44. The van der Waals surface area contributed by atoms with Gasteiger partial charge in [0.1, 0.15) is 0 Å². The van der Waals surface area contributed by atoms with Crippen LogP contribution < -0.4 is 5.73 Å². The molecule has 0 aliphatic carbocycles. The summed E-state index contributed by atoms with van der Waals surface area (Å²) in [5, 5.41) is 4.48. The number of hydrogen-bond acceptors (Lipinski definition) is 3. The molecule has 22 heavy (non-hydrogen) atoms. The first kappa shape index (κ1) is 14.9. The Labute approximate surface area is 130 Å². The lowest BCUT2D eigenvalue weighted by molar-refractivity contribution is -0.143. The number of hydrogen-bond donors (Lipinski definition) is 1. The first-order chi connectivity index (χ1) is 10.5. The molecule has 0 radical (unpaired) electrons. The largest absolute Gasteiger partial charge is 0.351 e. The maximum absolute atomic E-state index is 12.5. The van der Waals surface area contributed by atoms with E-state index in [9.17, 15) is 9.59 Å². The summed E-state index contributed by atoms with van der Waals surface area (Å²) >= 11 is 0. The minimum atomic E-state index is -0.429. The summed E-state index contributed by atoms with van der Waals surface area (Å²) in [5.41, 5.74) is 7.46. The Kier molecular flexibility index (Phi) is 3.80. The predicted molar refractivity (Wildman–Crippen MR) is 81.2 cm³/mol. The zero-order valence-corrected chi connectivity index (χ0v) is 13.2. The van der Waals surface area contributed by atoms with Crippen LogP contribution in [0.3, 0.4) is 0 Å². The van der Waals surface area contributed by atoms with Crippen molar-refractivity contribution in [1.29, 1.82) is 0 Å². The van der Waals surface area contributed by atoms with Gasteiger partial charge in [-0.25, -0.2) is 4.79 Å². The highest BCUT2D eigenvalue weighted by Crippen LogP contribution is 2.27. The molecular formula is C15H23N5O2. The van der Waals surface area contributed by atoms with Gasteiger partial charge in [0.2, 0.25) is 5.91 Å². The second-order valence-corrected chi connectivity index (χ2v) is 6.39. The van der Waals surface area contributed by atoms with Crippen molar-refractivity contribution in [3.8, 4) is 0 Å². The molecule has 0 spiro atoms. The molecule has 120 valence electrons. The molecule has 0 saturated carbocycles. The van der Waals surface area contributed by atoms with Gasteiger partial charge in [-0.1, -0.05) is 0 Å². The van der Waals surface area contributed by atoms with E-state index >= 15 is 0 Å². The Bertz CT molecular complexity index is 591. The molecule has 1 atom stereocenters. The highest BCUT2D eigenvalue weighted by atomic mass is 16.2. The van der Waals surface area contributed by atoms with E-state index in [1.54, 1.807) is 4.90 Å². The Morgan fingerprint density at radius 1 is 1.23 bits per heavy atom. The number of carbonyl (C=O) groups excluding carboxylic acids is 2. The van der Waals surface area contributed by atoms with Gasteiger partial charge in [-0.05, 0) is 32.8 Å². The van der Waals surface area contributed by atoms with Crippen molar-refractivity contribution in [1.82, 2.24) is 19.6 Å².